The molecule has 0 bridgehead atoms. The second-order valence-electron chi connectivity index (χ2n) is 20.5. The summed E-state index contributed by atoms with van der Waals surface area (Å²) < 4.78 is 72.2. The van der Waals surface area contributed by atoms with Crippen LogP contribution < -0.4 is 15.7 Å². The molecule has 0 spiro atoms. The molecule has 1 aliphatic carbocycles. The van der Waals surface area contributed by atoms with E-state index in [9.17, 15) is 9.59 Å². The highest BCUT2D eigenvalue weighted by molar-refractivity contribution is 6.62. The van der Waals surface area contributed by atoms with Crippen LogP contribution in [-0.4, -0.2) is 153 Å². The number of Topliss-reactive ketones (excluding diaryl/α,β-unsaturated/α-hetero) is 1. The highest BCUT2D eigenvalue weighted by Gasteiger charge is 2.55. The Bertz CT molecular complexity index is 2440. The first kappa shape index (κ1) is 63.0. The predicted molar refractivity (Wildman–Crippen MR) is 297 cm³/mol. The maximum absolute atomic E-state index is 14.2. The lowest BCUT2D eigenvalue weighted by molar-refractivity contribution is -0.0980. The molecular weight excluding hydrogens is 986 g/mol. The molecule has 2 fully saturated rings. The molecule has 0 radical (unpaired) electrons. The number of fused-ring (bicyclic) bond motifs is 3. The van der Waals surface area contributed by atoms with E-state index in [1.807, 2.05) is 118 Å². The summed E-state index contributed by atoms with van der Waals surface area (Å²) in [6.07, 6.45) is 0. The Morgan fingerprint density at radius 2 is 0.987 bits per heavy atom. The number of esters is 1. The van der Waals surface area contributed by atoms with Crippen LogP contribution in [0.2, 0.25) is 0 Å². The number of hydrogen-bond donors (Lipinski definition) is 1. The lowest BCUT2D eigenvalue weighted by Gasteiger charge is -2.35. The molecule has 0 saturated carbocycles. The van der Waals surface area contributed by atoms with Crippen molar-refractivity contribution in [2.75, 3.05) is 93.0 Å². The fourth-order valence-corrected chi connectivity index (χ4v) is 9.28. The molecule has 16 nitrogen and oxygen atoms in total. The first-order chi connectivity index (χ1) is 36.8. The van der Waals surface area contributed by atoms with Crippen molar-refractivity contribution in [3.05, 3.63) is 112 Å². The molecule has 3 aliphatic rings. The zero-order chi connectivity index (χ0) is 56.6. The number of aliphatic hydroxyl groups is 1. The Morgan fingerprint density at radius 3 is 1.44 bits per heavy atom. The summed E-state index contributed by atoms with van der Waals surface area (Å²) in [6.45, 7) is 29.5. The van der Waals surface area contributed by atoms with Gasteiger partial charge in [0.05, 0.1) is 114 Å². The van der Waals surface area contributed by atoms with Crippen LogP contribution in [0.25, 0.3) is 11.1 Å². The summed E-state index contributed by atoms with van der Waals surface area (Å²) in [6, 6.07) is 24.1. The van der Waals surface area contributed by atoms with Crippen LogP contribution in [-0.2, 0) is 68.6 Å². The number of carbonyl (C=O) groups excluding carboxylic acids is 3. The van der Waals surface area contributed by atoms with Gasteiger partial charge in [0, 0.05) is 12.7 Å². The number of ether oxygens (including phenoxy) is 8. The molecule has 2 aliphatic heterocycles. The van der Waals surface area contributed by atoms with Gasteiger partial charge < -0.3 is 66.4 Å². The van der Waals surface area contributed by atoms with Gasteiger partial charge in [0.2, 0.25) is 0 Å². The molecule has 0 amide bonds. The summed E-state index contributed by atoms with van der Waals surface area (Å²) >= 11 is 0. The summed E-state index contributed by atoms with van der Waals surface area (Å²) in [5.41, 5.74) is 4.45. The number of ketones is 1. The van der Waals surface area contributed by atoms with E-state index in [-0.39, 0.29) is 57.6 Å². The van der Waals surface area contributed by atoms with Crippen molar-refractivity contribution in [2.45, 2.75) is 118 Å². The summed E-state index contributed by atoms with van der Waals surface area (Å²) in [5.74, 6) is -0.384. The fraction of sp³-hybridized carbons (Fsp3) is 0.542. The molecular formula is C59H82B2O16. The second kappa shape index (κ2) is 28.4. The van der Waals surface area contributed by atoms with E-state index in [1.165, 1.54) is 0 Å². The standard InChI is InChI=1S/C56H74B2O15.C2H6.CH2O/c1-12-68-51(61)47-34-41(15-20-50(47)69-32-31-66-28-27-64-24-23-62-11)56(40-14-13-39(46(33-40)38(2)60)37-67-30-29-65-26-25-63-22-21-59)48-35-42(57-70-52(3,4)53(5,6)71-57)16-18-44(48)45-19-17-43(36-49(45)56)58-72-54(7,8)55(9,10)73-58;2*1-2/h13-20,33-36,59H,12,21-32,37H2,1-11H3;1-2H3;1H2. The summed E-state index contributed by atoms with van der Waals surface area (Å²) in [7, 11) is 0.218. The summed E-state index contributed by atoms with van der Waals surface area (Å²) in [5, 5.41) is 8.98. The van der Waals surface area contributed by atoms with Gasteiger partial charge in [-0.1, -0.05) is 68.4 Å². The topological polar surface area (TPSA) is 182 Å². The van der Waals surface area contributed by atoms with Crippen molar-refractivity contribution in [3.63, 3.8) is 0 Å². The van der Waals surface area contributed by atoms with Crippen molar-refractivity contribution in [1.29, 1.82) is 0 Å². The molecule has 4 aromatic rings. The van der Waals surface area contributed by atoms with Gasteiger partial charge in [-0.05, 0) is 137 Å². The van der Waals surface area contributed by atoms with Gasteiger partial charge in [-0.2, -0.15) is 0 Å². The average molecular weight is 1070 g/mol. The van der Waals surface area contributed by atoms with E-state index in [4.69, 9.17) is 66.4 Å². The Labute approximate surface area is 457 Å². The zero-order valence-corrected chi connectivity index (χ0v) is 47.8. The molecule has 7 rings (SSSR count). The smallest absolute Gasteiger partial charge is 0.490 e. The average Bonchev–Trinajstić information content (AvgIpc) is 3.97. The number of benzene rings is 4. The Hall–Kier alpha value is -4.82. The van der Waals surface area contributed by atoms with Crippen LogP contribution >= 0.6 is 0 Å². The lowest BCUT2D eigenvalue weighted by Crippen LogP contribution is -2.41. The van der Waals surface area contributed by atoms with E-state index in [0.29, 0.717) is 68.7 Å². The van der Waals surface area contributed by atoms with E-state index >= 15 is 0 Å². The van der Waals surface area contributed by atoms with Crippen molar-refractivity contribution in [2.24, 2.45) is 0 Å². The predicted octanol–water partition coefficient (Wildman–Crippen LogP) is 7.47. The first-order valence-electron chi connectivity index (χ1n) is 26.7. The van der Waals surface area contributed by atoms with E-state index in [1.54, 1.807) is 27.0 Å². The monoisotopic (exact) mass is 1070 g/mol. The molecule has 18 heteroatoms. The molecule has 0 atom stereocenters. The van der Waals surface area contributed by atoms with Crippen molar-refractivity contribution in [3.8, 4) is 16.9 Å². The van der Waals surface area contributed by atoms with E-state index in [0.717, 1.165) is 38.7 Å². The normalized spacial score (nSPS) is 16.9. The van der Waals surface area contributed by atoms with Crippen LogP contribution in [0.15, 0.2) is 72.8 Å². The SMILES string of the molecule is C=O.CC.CCOC(=O)c1cc(C2(c3ccc(COCCOCCOCCO)c(C(C)=O)c3)c3cc(B4OC(C)(C)C(C)(C)O4)ccc3-c3ccc(B4OC(C)(C)C(C)(C)O4)cc32)ccc1OCCOCCOCCOC. The third kappa shape index (κ3) is 14.3. The minimum absolute atomic E-state index is 0.0502. The fourth-order valence-electron chi connectivity index (χ4n) is 9.28. The molecule has 0 unspecified atom stereocenters. The lowest BCUT2D eigenvalue weighted by atomic mass is 9.64. The molecule has 4 aromatic carbocycles. The molecule has 420 valence electrons. The number of methoxy groups -OCH3 is 1. The highest BCUT2D eigenvalue weighted by Crippen LogP contribution is 2.57. The van der Waals surface area contributed by atoms with E-state index in [2.05, 4.69) is 24.3 Å². The van der Waals surface area contributed by atoms with Crippen molar-refractivity contribution >= 4 is 43.7 Å². The van der Waals surface area contributed by atoms with Crippen LogP contribution in [0.1, 0.15) is 132 Å². The van der Waals surface area contributed by atoms with Crippen molar-refractivity contribution < 1.29 is 76.0 Å². The minimum Gasteiger partial charge on any atom is -0.490 e. The second-order valence-corrected chi connectivity index (χ2v) is 20.5. The first-order valence-corrected chi connectivity index (χ1v) is 26.7. The quantitative estimate of drug-likeness (QED) is 0.0236. The van der Waals surface area contributed by atoms with Crippen molar-refractivity contribution in [1.82, 2.24) is 0 Å². The molecule has 0 aromatic heterocycles. The van der Waals surface area contributed by atoms with Gasteiger partial charge >= 0.3 is 20.2 Å². The summed E-state index contributed by atoms with van der Waals surface area (Å²) in [4.78, 5) is 36.2. The number of hydrogen-bond acceptors (Lipinski definition) is 16. The molecule has 2 saturated heterocycles. The zero-order valence-electron chi connectivity index (χ0n) is 47.8. The number of aliphatic hydroxyl groups excluding tert-OH is 1. The Kier molecular flexibility index (Phi) is 23.2. The largest absolute Gasteiger partial charge is 0.494 e. The van der Waals surface area contributed by atoms with Crippen LogP contribution in [0, 0.1) is 0 Å². The van der Waals surface area contributed by atoms with Gasteiger partial charge in [-0.15, -0.1) is 0 Å². The third-order valence-electron chi connectivity index (χ3n) is 14.6. The van der Waals surface area contributed by atoms with Gasteiger partial charge in [0.15, 0.2) is 5.78 Å². The van der Waals surface area contributed by atoms with Gasteiger partial charge in [0.25, 0.3) is 0 Å². The maximum atomic E-state index is 14.2. The van der Waals surface area contributed by atoms with Gasteiger partial charge in [-0.25, -0.2) is 4.79 Å². The van der Waals surface area contributed by atoms with Crippen LogP contribution in [0.4, 0.5) is 0 Å². The van der Waals surface area contributed by atoms with Crippen LogP contribution in [0.5, 0.6) is 5.75 Å². The molecule has 2 heterocycles. The van der Waals surface area contributed by atoms with Gasteiger partial charge in [-0.3, -0.25) is 4.79 Å². The van der Waals surface area contributed by atoms with Crippen LogP contribution in [0.3, 0.4) is 0 Å². The Morgan fingerprint density at radius 1 is 0.558 bits per heavy atom. The molecule has 77 heavy (non-hydrogen) atoms. The highest BCUT2D eigenvalue weighted by atomic mass is 16.7. The van der Waals surface area contributed by atoms with E-state index < -0.39 is 48.0 Å². The number of carbonyl (C=O) groups is 3. The maximum Gasteiger partial charge on any atom is 0.494 e. The molecule has 1 N–H and O–H groups in total. The Balaban J connectivity index is 0.00000267. The third-order valence-corrected chi connectivity index (χ3v) is 14.6. The number of rotatable bonds is 27. The minimum atomic E-state index is -1.20. The van der Waals surface area contributed by atoms with Gasteiger partial charge in [0.1, 0.15) is 24.7 Å².